The van der Waals surface area contributed by atoms with Crippen molar-refractivity contribution in [1.29, 1.82) is 0 Å². The van der Waals surface area contributed by atoms with Crippen LogP contribution in [0.25, 0.3) is 0 Å². The molecule has 0 bridgehead atoms. The Bertz CT molecular complexity index is 1510. The van der Waals surface area contributed by atoms with Crippen LogP contribution in [0.4, 0.5) is 0 Å². The highest BCUT2D eigenvalue weighted by Crippen LogP contribution is 2.36. The van der Waals surface area contributed by atoms with Crippen LogP contribution in [0.1, 0.15) is 56.1 Å². The van der Waals surface area contributed by atoms with Crippen molar-refractivity contribution in [3.8, 4) is 0 Å². The molecule has 2 aliphatic rings. The average molecular weight is 691 g/mol. The van der Waals surface area contributed by atoms with E-state index in [0.29, 0.717) is 19.3 Å². The van der Waals surface area contributed by atoms with E-state index in [0.717, 1.165) is 24.0 Å². The molecule has 2 fully saturated rings. The zero-order chi connectivity index (χ0) is 36.3. The highest BCUT2D eigenvalue weighted by atomic mass is 16.4. The van der Waals surface area contributed by atoms with Crippen LogP contribution in [0.3, 0.4) is 0 Å². The number of guanidine groups is 1. The van der Waals surface area contributed by atoms with E-state index in [-0.39, 0.29) is 63.0 Å². The third-order valence-corrected chi connectivity index (χ3v) is 9.35. The van der Waals surface area contributed by atoms with E-state index in [9.17, 15) is 29.1 Å². The number of rotatable bonds is 19. The molecular formula is C36H50N8O6. The number of carboxylic acids is 1. The van der Waals surface area contributed by atoms with E-state index in [1.165, 1.54) is 4.90 Å². The molecule has 1 aliphatic carbocycles. The zero-order valence-corrected chi connectivity index (χ0v) is 28.3. The molecule has 270 valence electrons. The van der Waals surface area contributed by atoms with E-state index in [2.05, 4.69) is 15.6 Å². The Balaban J connectivity index is 1.49. The largest absolute Gasteiger partial charge is 0.480 e. The van der Waals surface area contributed by atoms with Gasteiger partial charge in [-0.3, -0.25) is 29.0 Å². The third kappa shape index (κ3) is 11.4. The minimum atomic E-state index is -1.58. The second kappa shape index (κ2) is 17.7. The molecule has 2 aromatic rings. The van der Waals surface area contributed by atoms with Crippen molar-refractivity contribution in [3.63, 3.8) is 0 Å². The molecule has 1 saturated carbocycles. The quantitative estimate of drug-likeness (QED) is 0.0600. The zero-order valence-electron chi connectivity index (χ0n) is 28.3. The number of carboxylic acid groups (broad SMARTS) is 1. The molecule has 0 spiro atoms. The van der Waals surface area contributed by atoms with E-state index in [1.54, 1.807) is 0 Å². The summed E-state index contributed by atoms with van der Waals surface area (Å²) in [5, 5.41) is 15.3. The summed E-state index contributed by atoms with van der Waals surface area (Å²) < 4.78 is 0. The number of Topliss-reactive ketones (excluding diaryl/α,β-unsaturated/α-hetero) is 1. The average Bonchev–Trinajstić information content (AvgIpc) is 3.82. The topological polar surface area (TPSA) is 249 Å². The highest BCUT2D eigenvalue weighted by molar-refractivity contribution is 5.95. The first kappa shape index (κ1) is 38.0. The fourth-order valence-electron chi connectivity index (χ4n) is 6.23. The van der Waals surface area contributed by atoms with Crippen molar-refractivity contribution in [1.82, 2.24) is 15.5 Å². The molecular weight excluding hydrogens is 640 g/mol. The van der Waals surface area contributed by atoms with Crippen LogP contribution in [0.5, 0.6) is 0 Å². The van der Waals surface area contributed by atoms with Crippen LogP contribution in [-0.4, -0.2) is 88.7 Å². The van der Waals surface area contributed by atoms with E-state index in [1.807, 2.05) is 60.7 Å². The molecule has 1 unspecified atom stereocenters. The number of aliphatic carboxylic acids is 1. The Morgan fingerprint density at radius 1 is 0.900 bits per heavy atom. The minimum Gasteiger partial charge on any atom is -0.480 e. The van der Waals surface area contributed by atoms with Gasteiger partial charge in [-0.1, -0.05) is 73.5 Å². The fourth-order valence-corrected chi connectivity index (χ4v) is 6.23. The summed E-state index contributed by atoms with van der Waals surface area (Å²) >= 11 is 0. The molecule has 14 nitrogen and oxygen atoms in total. The Hall–Kier alpha value is -4.82. The smallest absolute Gasteiger partial charge is 0.325 e. The number of hydrogen-bond donors (Lipinski definition) is 7. The second-order valence-electron chi connectivity index (χ2n) is 13.6. The van der Waals surface area contributed by atoms with Crippen molar-refractivity contribution in [2.75, 3.05) is 19.6 Å². The maximum absolute atomic E-state index is 14.0. The van der Waals surface area contributed by atoms with Gasteiger partial charge in [0.25, 0.3) is 0 Å². The van der Waals surface area contributed by atoms with E-state index in [4.69, 9.17) is 22.9 Å². The molecule has 3 amide bonds. The molecule has 2 aromatic carbocycles. The summed E-state index contributed by atoms with van der Waals surface area (Å²) in [6, 6.07) is 15.8. The van der Waals surface area contributed by atoms with Crippen molar-refractivity contribution in [2.45, 2.75) is 81.5 Å². The van der Waals surface area contributed by atoms with Gasteiger partial charge >= 0.3 is 5.97 Å². The fraction of sp³-hybridized carbons (Fsp3) is 0.500. The number of nitrogens with two attached hydrogens (primary N) is 4. The number of benzene rings is 2. The van der Waals surface area contributed by atoms with Crippen molar-refractivity contribution < 1.29 is 29.1 Å². The molecule has 11 N–H and O–H groups in total. The lowest BCUT2D eigenvalue weighted by molar-refractivity contribution is -0.143. The number of likely N-dealkylation sites (tertiary alicyclic amines) is 1. The number of nitrogens with zero attached hydrogens (tertiary/aromatic N) is 2. The number of carbonyl (C=O) groups is 5. The molecule has 4 rings (SSSR count). The summed E-state index contributed by atoms with van der Waals surface area (Å²) in [6.07, 6.45) is 3.26. The van der Waals surface area contributed by atoms with Gasteiger partial charge in [-0.2, -0.15) is 0 Å². The van der Waals surface area contributed by atoms with Gasteiger partial charge in [0.15, 0.2) is 11.7 Å². The molecule has 1 saturated heterocycles. The summed E-state index contributed by atoms with van der Waals surface area (Å²) in [6.45, 7) is 0.146. The maximum atomic E-state index is 14.0. The molecule has 1 heterocycles. The molecule has 50 heavy (non-hydrogen) atoms. The first-order chi connectivity index (χ1) is 23.8. The summed E-state index contributed by atoms with van der Waals surface area (Å²) in [5.74, 6) is -3.53. The van der Waals surface area contributed by atoms with Crippen LogP contribution in [0.2, 0.25) is 0 Å². The molecule has 14 heteroatoms. The lowest BCUT2D eigenvalue weighted by atomic mass is 9.90. The van der Waals surface area contributed by atoms with Crippen LogP contribution in [0, 0.1) is 11.8 Å². The SMILES string of the molecule is NC(N)=NCCC[C@@H](NC(=O)[C@H](CC(=O)[C@@H](Cc1ccccc1)NC(=O)[C@H](N)Cc1ccccc1)CC1CC1)C(=O)N1CCC(N)(C(=O)O)C1. The van der Waals surface area contributed by atoms with Gasteiger partial charge in [0.1, 0.15) is 11.6 Å². The van der Waals surface area contributed by atoms with Crippen molar-refractivity contribution in [2.24, 2.45) is 39.8 Å². The summed E-state index contributed by atoms with van der Waals surface area (Å²) in [4.78, 5) is 71.9. The van der Waals surface area contributed by atoms with Crippen molar-refractivity contribution in [3.05, 3.63) is 71.8 Å². The summed E-state index contributed by atoms with van der Waals surface area (Å²) in [7, 11) is 0. The van der Waals surface area contributed by atoms with Crippen LogP contribution < -0.4 is 33.6 Å². The van der Waals surface area contributed by atoms with Gasteiger partial charge in [0.2, 0.25) is 17.7 Å². The van der Waals surface area contributed by atoms with Crippen LogP contribution in [0.15, 0.2) is 65.7 Å². The van der Waals surface area contributed by atoms with Gasteiger partial charge in [-0.05, 0) is 55.6 Å². The Labute approximate surface area is 292 Å². The maximum Gasteiger partial charge on any atom is 0.325 e. The Morgan fingerprint density at radius 3 is 2.06 bits per heavy atom. The van der Waals surface area contributed by atoms with Gasteiger partial charge in [-0.15, -0.1) is 0 Å². The number of carbonyl (C=O) groups excluding carboxylic acids is 4. The monoisotopic (exact) mass is 690 g/mol. The van der Waals surface area contributed by atoms with Gasteiger partial charge in [0, 0.05) is 32.0 Å². The van der Waals surface area contributed by atoms with Crippen LogP contribution in [-0.2, 0) is 36.8 Å². The van der Waals surface area contributed by atoms with E-state index < -0.39 is 53.3 Å². The third-order valence-electron chi connectivity index (χ3n) is 9.35. The Kier molecular flexibility index (Phi) is 13.5. The van der Waals surface area contributed by atoms with Gasteiger partial charge in [0.05, 0.1) is 12.1 Å². The number of ketones is 1. The molecule has 0 aromatic heterocycles. The predicted molar refractivity (Wildman–Crippen MR) is 188 cm³/mol. The lowest BCUT2D eigenvalue weighted by Crippen LogP contribution is -2.54. The standard InChI is InChI=1S/C36H50N8O6/c37-27(19-23-8-3-1-4-9-23)32(47)43-29(20-24-10-5-2-6-11-24)30(45)21-26(18-25-13-14-25)31(46)42-28(12-7-16-41-35(38)39)33(48)44-17-15-36(40,22-44)34(49)50/h1-6,8-11,25-29H,7,12-22,37,40H2,(H,42,46)(H,43,47)(H,49,50)(H4,38,39,41)/t26-,27+,28+,29+,36?/m0/s1. The van der Waals surface area contributed by atoms with Gasteiger partial charge < -0.3 is 43.6 Å². The normalized spacial score (nSPS) is 19.4. The lowest BCUT2D eigenvalue weighted by Gasteiger charge is -2.28. The molecule has 5 atom stereocenters. The minimum absolute atomic E-state index is 0.0745. The Morgan fingerprint density at radius 2 is 1.50 bits per heavy atom. The van der Waals surface area contributed by atoms with Gasteiger partial charge in [-0.25, -0.2) is 0 Å². The predicted octanol–water partition coefficient (Wildman–Crippen LogP) is 0.212. The first-order valence-corrected chi connectivity index (χ1v) is 17.2. The second-order valence-corrected chi connectivity index (χ2v) is 13.6. The summed E-state index contributed by atoms with van der Waals surface area (Å²) in [5.41, 5.74) is 23.3. The van der Waals surface area contributed by atoms with Crippen molar-refractivity contribution >= 4 is 35.4 Å². The number of aliphatic imine (C=N–C) groups is 1. The number of amides is 3. The highest BCUT2D eigenvalue weighted by Gasteiger charge is 2.44. The molecule has 1 aliphatic heterocycles. The van der Waals surface area contributed by atoms with Crippen LogP contribution >= 0.6 is 0 Å². The first-order valence-electron chi connectivity index (χ1n) is 17.2. The number of nitrogens with one attached hydrogen (secondary N) is 2. The van der Waals surface area contributed by atoms with E-state index >= 15 is 0 Å². The molecule has 0 radical (unpaired) electrons. The number of hydrogen-bond acceptors (Lipinski definition) is 8.